The molecule has 94 valence electrons. The number of hydrogen-bond donors (Lipinski definition) is 1. The van der Waals surface area contributed by atoms with Gasteiger partial charge in [0.25, 0.3) is 0 Å². The second-order valence-electron chi connectivity index (χ2n) is 4.70. The molecule has 3 nitrogen and oxygen atoms in total. The minimum absolute atomic E-state index is 0.157. The number of nitrogens with two attached hydrogens (primary N) is 1. The maximum Gasteiger partial charge on any atom is 0.226 e. The molecule has 0 spiro atoms. The van der Waals surface area contributed by atoms with Crippen molar-refractivity contribution in [3.05, 3.63) is 22.4 Å². The summed E-state index contributed by atoms with van der Waals surface area (Å²) in [4.78, 5) is 15.5. The van der Waals surface area contributed by atoms with Gasteiger partial charge in [0, 0.05) is 23.4 Å². The average molecular weight is 252 g/mol. The second-order valence-corrected chi connectivity index (χ2v) is 5.73. The van der Waals surface area contributed by atoms with Crippen molar-refractivity contribution in [3.8, 4) is 0 Å². The zero-order valence-electron chi connectivity index (χ0n) is 10.3. The van der Waals surface area contributed by atoms with Gasteiger partial charge in [-0.2, -0.15) is 0 Å². The molecule has 1 fully saturated rings. The van der Waals surface area contributed by atoms with Crippen LogP contribution in [0.1, 0.15) is 31.1 Å². The number of rotatable bonds is 4. The number of amides is 1. The van der Waals surface area contributed by atoms with E-state index in [1.807, 2.05) is 17.9 Å². The molecule has 0 saturated heterocycles. The lowest BCUT2D eigenvalue weighted by Gasteiger charge is -2.23. The summed E-state index contributed by atoms with van der Waals surface area (Å²) >= 11 is 1.71. The summed E-state index contributed by atoms with van der Waals surface area (Å²) < 4.78 is 0. The van der Waals surface area contributed by atoms with Crippen LogP contribution in [0.25, 0.3) is 0 Å². The van der Waals surface area contributed by atoms with E-state index in [-0.39, 0.29) is 17.9 Å². The highest BCUT2D eigenvalue weighted by atomic mass is 32.1. The third-order valence-electron chi connectivity index (χ3n) is 3.44. The lowest BCUT2D eigenvalue weighted by atomic mass is 10.1. The zero-order chi connectivity index (χ0) is 12.3. The van der Waals surface area contributed by atoms with Crippen LogP contribution in [-0.2, 0) is 11.3 Å². The second kappa shape index (κ2) is 5.65. The molecule has 1 aliphatic carbocycles. The quantitative estimate of drug-likeness (QED) is 0.893. The van der Waals surface area contributed by atoms with Crippen molar-refractivity contribution >= 4 is 17.2 Å². The fourth-order valence-corrected chi connectivity index (χ4v) is 3.15. The molecule has 2 rings (SSSR count). The molecule has 4 heteroatoms. The highest BCUT2D eigenvalue weighted by molar-refractivity contribution is 7.09. The van der Waals surface area contributed by atoms with Gasteiger partial charge >= 0.3 is 0 Å². The molecule has 1 heterocycles. The fraction of sp³-hybridized carbons (Fsp3) is 0.615. The SMILES string of the molecule is CCN(Cc1cccs1)C(=O)C1CCC(N)C1. The summed E-state index contributed by atoms with van der Waals surface area (Å²) in [5.41, 5.74) is 5.87. The normalized spacial score (nSPS) is 23.9. The lowest BCUT2D eigenvalue weighted by molar-refractivity contribution is -0.135. The standard InChI is InChI=1S/C13H20N2OS/c1-2-15(9-12-4-3-7-17-12)13(16)10-5-6-11(14)8-10/h3-4,7,10-11H,2,5-6,8-9,14H2,1H3. The predicted octanol–water partition coefficient (Wildman–Crippen LogP) is 2.22. The fourth-order valence-electron chi connectivity index (χ4n) is 2.44. The molecule has 0 aliphatic heterocycles. The number of hydrogen-bond acceptors (Lipinski definition) is 3. The molecule has 0 radical (unpaired) electrons. The summed E-state index contributed by atoms with van der Waals surface area (Å²) in [5.74, 6) is 0.443. The molecule has 17 heavy (non-hydrogen) atoms. The molecule has 0 bridgehead atoms. The van der Waals surface area contributed by atoms with Gasteiger partial charge in [0.05, 0.1) is 6.54 Å². The molecule has 2 N–H and O–H groups in total. The number of carbonyl (C=O) groups is 1. The van der Waals surface area contributed by atoms with Crippen LogP contribution in [0.5, 0.6) is 0 Å². The number of carbonyl (C=O) groups excluding carboxylic acids is 1. The van der Waals surface area contributed by atoms with Gasteiger partial charge in [-0.15, -0.1) is 11.3 Å². The molecule has 1 aromatic heterocycles. The van der Waals surface area contributed by atoms with Gasteiger partial charge in [0.1, 0.15) is 0 Å². The van der Waals surface area contributed by atoms with Gasteiger partial charge < -0.3 is 10.6 Å². The van der Waals surface area contributed by atoms with Crippen LogP contribution in [0.4, 0.5) is 0 Å². The van der Waals surface area contributed by atoms with E-state index in [1.165, 1.54) is 4.88 Å². The summed E-state index contributed by atoms with van der Waals surface area (Å²) in [7, 11) is 0. The maximum atomic E-state index is 12.3. The van der Waals surface area contributed by atoms with Crippen LogP contribution in [0.2, 0.25) is 0 Å². The topological polar surface area (TPSA) is 46.3 Å². The van der Waals surface area contributed by atoms with E-state index in [0.29, 0.717) is 0 Å². The van der Waals surface area contributed by atoms with Gasteiger partial charge in [-0.25, -0.2) is 0 Å². The summed E-state index contributed by atoms with van der Waals surface area (Å²) in [6, 6.07) is 4.34. The summed E-state index contributed by atoms with van der Waals surface area (Å²) in [6.07, 6.45) is 2.81. The molecule has 1 amide bonds. The first-order valence-electron chi connectivity index (χ1n) is 6.27. The molecule has 1 aliphatic rings. The van der Waals surface area contributed by atoms with E-state index >= 15 is 0 Å². The van der Waals surface area contributed by atoms with Gasteiger partial charge in [-0.05, 0) is 37.6 Å². The Kier molecular flexibility index (Phi) is 4.18. The van der Waals surface area contributed by atoms with Crippen LogP contribution in [0.15, 0.2) is 17.5 Å². The van der Waals surface area contributed by atoms with E-state index in [4.69, 9.17) is 5.73 Å². The molecule has 2 atom stereocenters. The Morgan fingerprint density at radius 2 is 2.41 bits per heavy atom. The Balaban J connectivity index is 1.95. The summed E-state index contributed by atoms with van der Waals surface area (Å²) in [5, 5.41) is 2.05. The molecule has 1 aromatic rings. The lowest BCUT2D eigenvalue weighted by Crippen LogP contribution is -2.35. The van der Waals surface area contributed by atoms with Crippen LogP contribution >= 0.6 is 11.3 Å². The Hall–Kier alpha value is -0.870. The monoisotopic (exact) mass is 252 g/mol. The minimum atomic E-state index is 0.157. The van der Waals surface area contributed by atoms with Gasteiger partial charge in [0.2, 0.25) is 5.91 Å². The Labute approximate surface area is 107 Å². The van der Waals surface area contributed by atoms with Crippen molar-refractivity contribution in [3.63, 3.8) is 0 Å². The molecular formula is C13H20N2OS. The molecule has 2 unspecified atom stereocenters. The maximum absolute atomic E-state index is 12.3. The highest BCUT2D eigenvalue weighted by Gasteiger charge is 2.30. The largest absolute Gasteiger partial charge is 0.338 e. The average Bonchev–Trinajstić information content (AvgIpc) is 2.96. The predicted molar refractivity (Wildman–Crippen MR) is 70.7 cm³/mol. The number of nitrogens with zero attached hydrogens (tertiary/aromatic N) is 1. The van der Waals surface area contributed by atoms with Crippen LogP contribution in [0.3, 0.4) is 0 Å². The smallest absolute Gasteiger partial charge is 0.226 e. The molecule has 0 aromatic carbocycles. The van der Waals surface area contributed by atoms with Crippen molar-refractivity contribution in [2.24, 2.45) is 11.7 Å². The van der Waals surface area contributed by atoms with E-state index in [1.54, 1.807) is 11.3 Å². The van der Waals surface area contributed by atoms with Crippen molar-refractivity contribution in [1.29, 1.82) is 0 Å². The van der Waals surface area contributed by atoms with E-state index in [2.05, 4.69) is 11.4 Å². The van der Waals surface area contributed by atoms with E-state index < -0.39 is 0 Å². The van der Waals surface area contributed by atoms with E-state index in [9.17, 15) is 4.79 Å². The van der Waals surface area contributed by atoms with Crippen molar-refractivity contribution in [1.82, 2.24) is 4.90 Å². The van der Waals surface area contributed by atoms with Gasteiger partial charge in [-0.3, -0.25) is 4.79 Å². The summed E-state index contributed by atoms with van der Waals surface area (Å²) in [6.45, 7) is 3.57. The van der Waals surface area contributed by atoms with Crippen molar-refractivity contribution in [2.45, 2.75) is 38.8 Å². The zero-order valence-corrected chi connectivity index (χ0v) is 11.1. The van der Waals surface area contributed by atoms with Crippen LogP contribution in [0, 0.1) is 5.92 Å². The van der Waals surface area contributed by atoms with Crippen molar-refractivity contribution < 1.29 is 4.79 Å². The first-order valence-corrected chi connectivity index (χ1v) is 7.15. The first-order chi connectivity index (χ1) is 8.20. The third kappa shape index (κ3) is 3.07. The first kappa shape index (κ1) is 12.6. The molecule has 1 saturated carbocycles. The highest BCUT2D eigenvalue weighted by Crippen LogP contribution is 2.26. The molecular weight excluding hydrogens is 232 g/mol. The van der Waals surface area contributed by atoms with Crippen molar-refractivity contribution in [2.75, 3.05) is 6.54 Å². The third-order valence-corrected chi connectivity index (χ3v) is 4.30. The van der Waals surface area contributed by atoms with Gasteiger partial charge in [-0.1, -0.05) is 6.07 Å². The van der Waals surface area contributed by atoms with E-state index in [0.717, 1.165) is 32.4 Å². The Morgan fingerprint density at radius 3 is 2.94 bits per heavy atom. The van der Waals surface area contributed by atoms with Crippen LogP contribution in [-0.4, -0.2) is 23.4 Å². The van der Waals surface area contributed by atoms with Crippen LogP contribution < -0.4 is 5.73 Å². The van der Waals surface area contributed by atoms with Gasteiger partial charge in [0.15, 0.2) is 0 Å². The Morgan fingerprint density at radius 1 is 1.59 bits per heavy atom. The number of thiophene rings is 1. The minimum Gasteiger partial charge on any atom is -0.338 e. The Bertz CT molecular complexity index is 364.